The Morgan fingerprint density at radius 2 is 1.60 bits per heavy atom. The molecule has 1 aromatic rings. The first-order valence-electron chi connectivity index (χ1n) is 6.29. The van der Waals surface area contributed by atoms with Crippen LogP contribution in [0.2, 0.25) is 0 Å². The van der Waals surface area contributed by atoms with Crippen molar-refractivity contribution >= 4 is 23.1 Å². The summed E-state index contributed by atoms with van der Waals surface area (Å²) in [5, 5.41) is 0. The van der Waals surface area contributed by atoms with Crippen molar-refractivity contribution in [2.75, 3.05) is 30.9 Å². The third-order valence-electron chi connectivity index (χ3n) is 2.52. The Labute approximate surface area is 119 Å². The van der Waals surface area contributed by atoms with Crippen molar-refractivity contribution in [3.63, 3.8) is 0 Å². The van der Waals surface area contributed by atoms with Gasteiger partial charge in [0, 0.05) is 5.69 Å². The van der Waals surface area contributed by atoms with Gasteiger partial charge in [-0.05, 0) is 38.1 Å². The molecule has 0 aliphatic carbocycles. The van der Waals surface area contributed by atoms with Crippen molar-refractivity contribution in [3.05, 3.63) is 24.3 Å². The van der Waals surface area contributed by atoms with Gasteiger partial charge in [-0.15, -0.1) is 0 Å². The molecule has 0 saturated carbocycles. The number of hydrogen-bond donors (Lipinski definition) is 1. The summed E-state index contributed by atoms with van der Waals surface area (Å²) < 4.78 is 46.6. The normalized spacial score (nSPS) is 12.5. The summed E-state index contributed by atoms with van der Waals surface area (Å²) in [7, 11) is -6.88. The van der Waals surface area contributed by atoms with Crippen LogP contribution >= 0.6 is 7.60 Å². The molecule has 0 aliphatic rings. The molecule has 0 aromatic heterocycles. The summed E-state index contributed by atoms with van der Waals surface area (Å²) in [6, 6.07) is 5.88. The lowest BCUT2D eigenvalue weighted by atomic mass is 10.3. The van der Waals surface area contributed by atoms with Crippen LogP contribution < -0.4 is 5.73 Å². The average molecular weight is 321 g/mol. The summed E-state index contributed by atoms with van der Waals surface area (Å²) in [6.07, 6.45) is -0.165. The Morgan fingerprint density at radius 3 is 2.05 bits per heavy atom. The summed E-state index contributed by atoms with van der Waals surface area (Å²) in [6.45, 7) is 3.78. The molecule has 0 fully saturated rings. The molecule has 0 radical (unpaired) electrons. The van der Waals surface area contributed by atoms with Crippen LogP contribution in [-0.4, -0.2) is 33.5 Å². The summed E-state index contributed by atoms with van der Waals surface area (Å²) in [5.74, 6) is -0.297. The molecule has 1 aromatic carbocycles. The van der Waals surface area contributed by atoms with Crippen LogP contribution in [0.15, 0.2) is 29.2 Å². The quantitative estimate of drug-likeness (QED) is 0.583. The van der Waals surface area contributed by atoms with E-state index in [4.69, 9.17) is 14.8 Å². The molecule has 8 heteroatoms. The van der Waals surface area contributed by atoms with Gasteiger partial charge < -0.3 is 14.8 Å². The van der Waals surface area contributed by atoms with Crippen molar-refractivity contribution in [1.82, 2.24) is 0 Å². The van der Waals surface area contributed by atoms with Crippen LogP contribution in [0.4, 0.5) is 5.69 Å². The summed E-state index contributed by atoms with van der Waals surface area (Å²) >= 11 is 0. The van der Waals surface area contributed by atoms with E-state index in [-0.39, 0.29) is 30.0 Å². The first-order chi connectivity index (χ1) is 9.33. The van der Waals surface area contributed by atoms with E-state index in [1.165, 1.54) is 24.3 Å². The molecule has 1 rings (SSSR count). The fourth-order valence-corrected chi connectivity index (χ4v) is 5.35. The van der Waals surface area contributed by atoms with Crippen molar-refractivity contribution in [2.24, 2.45) is 0 Å². The van der Waals surface area contributed by atoms with Crippen LogP contribution in [0.5, 0.6) is 0 Å². The maximum absolute atomic E-state index is 12.2. The monoisotopic (exact) mass is 321 g/mol. The van der Waals surface area contributed by atoms with E-state index in [1.807, 2.05) is 0 Å². The van der Waals surface area contributed by atoms with Gasteiger partial charge in [0.25, 0.3) is 0 Å². The van der Waals surface area contributed by atoms with Crippen molar-refractivity contribution in [3.8, 4) is 0 Å². The first-order valence-corrected chi connectivity index (χ1v) is 9.67. The highest BCUT2D eigenvalue weighted by atomic mass is 32.2. The molecular formula is C12H20NO5PS. The second-order valence-electron chi connectivity index (χ2n) is 4.06. The number of nitrogens with two attached hydrogens (primary N) is 1. The Hall–Kier alpha value is -0.880. The molecule has 114 valence electrons. The third-order valence-corrected chi connectivity index (χ3v) is 6.63. The van der Waals surface area contributed by atoms with Gasteiger partial charge in [0.15, 0.2) is 9.84 Å². The van der Waals surface area contributed by atoms with Crippen LogP contribution in [-0.2, 0) is 23.4 Å². The summed E-state index contributed by atoms with van der Waals surface area (Å²) in [4.78, 5) is 0.145. The van der Waals surface area contributed by atoms with E-state index >= 15 is 0 Å². The molecule has 0 spiro atoms. The van der Waals surface area contributed by atoms with Gasteiger partial charge >= 0.3 is 7.60 Å². The number of benzene rings is 1. The van der Waals surface area contributed by atoms with Gasteiger partial charge in [-0.2, -0.15) is 0 Å². The summed E-state index contributed by atoms with van der Waals surface area (Å²) in [5.41, 5.74) is 6.00. The lowest BCUT2D eigenvalue weighted by Crippen LogP contribution is -2.13. The minimum absolute atomic E-state index is 0.145. The molecule has 0 amide bonds. The zero-order valence-electron chi connectivity index (χ0n) is 11.6. The second-order valence-corrected chi connectivity index (χ2v) is 8.35. The number of sulfone groups is 1. The Kier molecular flexibility index (Phi) is 6.20. The van der Waals surface area contributed by atoms with Gasteiger partial charge in [0.2, 0.25) is 0 Å². The zero-order chi connectivity index (χ0) is 15.2. The molecule has 20 heavy (non-hydrogen) atoms. The zero-order valence-corrected chi connectivity index (χ0v) is 13.3. The number of anilines is 1. The standard InChI is InChI=1S/C12H20NO5PS/c1-3-17-19(14,18-4-2)9-10-20(15,16)12-7-5-11(13)6-8-12/h5-8H,3-4,9-10,13H2,1-2H3. The maximum Gasteiger partial charge on any atom is 0.331 e. The largest absolute Gasteiger partial charge is 0.399 e. The van der Waals surface area contributed by atoms with Gasteiger partial charge in [-0.25, -0.2) is 8.42 Å². The minimum Gasteiger partial charge on any atom is -0.399 e. The fraction of sp³-hybridized carbons (Fsp3) is 0.500. The van der Waals surface area contributed by atoms with Crippen LogP contribution in [0.1, 0.15) is 13.8 Å². The van der Waals surface area contributed by atoms with Gasteiger partial charge in [-0.3, -0.25) is 4.57 Å². The van der Waals surface area contributed by atoms with Crippen molar-refractivity contribution in [1.29, 1.82) is 0 Å². The Balaban J connectivity index is 2.81. The number of rotatable bonds is 8. The topological polar surface area (TPSA) is 95.7 Å². The van der Waals surface area contributed by atoms with Gasteiger partial charge in [-0.1, -0.05) is 0 Å². The molecule has 0 saturated heterocycles. The fourth-order valence-electron chi connectivity index (χ4n) is 1.58. The Bertz CT molecular complexity index is 560. The molecule has 0 heterocycles. The molecule has 0 bridgehead atoms. The highest BCUT2D eigenvalue weighted by Crippen LogP contribution is 2.48. The van der Waals surface area contributed by atoms with E-state index in [0.717, 1.165) is 0 Å². The smallest absolute Gasteiger partial charge is 0.331 e. The van der Waals surface area contributed by atoms with Gasteiger partial charge in [0.05, 0.1) is 30.0 Å². The second kappa shape index (κ2) is 7.22. The first kappa shape index (κ1) is 17.2. The Morgan fingerprint density at radius 1 is 1.10 bits per heavy atom. The van der Waals surface area contributed by atoms with E-state index in [9.17, 15) is 13.0 Å². The van der Waals surface area contributed by atoms with Crippen LogP contribution in [0.25, 0.3) is 0 Å². The lowest BCUT2D eigenvalue weighted by Gasteiger charge is -2.16. The van der Waals surface area contributed by atoms with Crippen LogP contribution in [0, 0.1) is 0 Å². The molecule has 2 N–H and O–H groups in total. The van der Waals surface area contributed by atoms with E-state index in [2.05, 4.69) is 0 Å². The highest BCUT2D eigenvalue weighted by Gasteiger charge is 2.27. The number of nitrogen functional groups attached to an aromatic ring is 1. The van der Waals surface area contributed by atoms with E-state index in [0.29, 0.717) is 5.69 Å². The number of hydrogen-bond acceptors (Lipinski definition) is 6. The van der Waals surface area contributed by atoms with E-state index < -0.39 is 17.4 Å². The molecule has 0 atom stereocenters. The maximum atomic E-state index is 12.2. The molecular weight excluding hydrogens is 301 g/mol. The highest BCUT2D eigenvalue weighted by molar-refractivity contribution is 7.91. The van der Waals surface area contributed by atoms with Crippen molar-refractivity contribution in [2.45, 2.75) is 18.7 Å². The minimum atomic E-state index is -3.53. The molecule has 0 unspecified atom stereocenters. The molecule has 6 nitrogen and oxygen atoms in total. The van der Waals surface area contributed by atoms with Crippen LogP contribution in [0.3, 0.4) is 0 Å². The van der Waals surface area contributed by atoms with Gasteiger partial charge in [0.1, 0.15) is 0 Å². The SMILES string of the molecule is CCOP(=O)(CCS(=O)(=O)c1ccc(N)cc1)OCC. The predicted octanol–water partition coefficient (Wildman–Crippen LogP) is 2.31. The predicted molar refractivity (Wildman–Crippen MR) is 78.6 cm³/mol. The lowest BCUT2D eigenvalue weighted by molar-refractivity contribution is 0.221. The van der Waals surface area contributed by atoms with E-state index in [1.54, 1.807) is 13.8 Å². The third kappa shape index (κ3) is 4.90. The van der Waals surface area contributed by atoms with Crippen molar-refractivity contribution < 1.29 is 22.0 Å². The average Bonchev–Trinajstić information content (AvgIpc) is 2.38. The molecule has 0 aliphatic heterocycles.